The summed E-state index contributed by atoms with van der Waals surface area (Å²) in [6, 6.07) is 9.03. The predicted molar refractivity (Wildman–Crippen MR) is 108 cm³/mol. The lowest BCUT2D eigenvalue weighted by atomic mass is 9.90. The molecule has 2 aromatic rings. The van der Waals surface area contributed by atoms with Gasteiger partial charge in [-0.05, 0) is 80.1 Å². The maximum atomic E-state index is 13.6. The molecule has 0 amide bonds. The van der Waals surface area contributed by atoms with Crippen LogP contribution in [0, 0.1) is 11.7 Å². The average Bonchev–Trinajstić information content (AvgIpc) is 3.07. The van der Waals surface area contributed by atoms with E-state index in [0.29, 0.717) is 5.92 Å². The highest BCUT2D eigenvalue weighted by Gasteiger charge is 2.21. The summed E-state index contributed by atoms with van der Waals surface area (Å²) >= 11 is 9.75. The Morgan fingerprint density at radius 3 is 2.56 bits per heavy atom. The third-order valence-corrected chi connectivity index (χ3v) is 6.20. The number of hydrogen-bond acceptors (Lipinski definition) is 3. The molecule has 0 atom stereocenters. The zero-order valence-corrected chi connectivity index (χ0v) is 17.4. The summed E-state index contributed by atoms with van der Waals surface area (Å²) in [6.07, 6.45) is 4.13. The summed E-state index contributed by atoms with van der Waals surface area (Å²) < 4.78 is 25.2. The average molecular weight is 455 g/mol. The summed E-state index contributed by atoms with van der Waals surface area (Å²) in [5.41, 5.74) is 2.18. The van der Waals surface area contributed by atoms with Crippen molar-refractivity contribution in [2.45, 2.75) is 25.7 Å². The number of benzene rings is 2. The van der Waals surface area contributed by atoms with Crippen molar-refractivity contribution in [3.05, 3.63) is 56.8 Å². The monoisotopic (exact) mass is 453 g/mol. The molecule has 0 aromatic heterocycles. The molecular formula is C21H22BrClFNO2. The summed E-state index contributed by atoms with van der Waals surface area (Å²) in [5.74, 6) is 1.96. The molecule has 6 heteroatoms. The van der Waals surface area contributed by atoms with E-state index in [1.165, 1.54) is 6.07 Å². The maximum absolute atomic E-state index is 13.6. The molecule has 1 saturated heterocycles. The molecule has 0 bridgehead atoms. The van der Waals surface area contributed by atoms with Gasteiger partial charge in [0, 0.05) is 22.1 Å². The van der Waals surface area contributed by atoms with Gasteiger partial charge in [-0.15, -0.1) is 0 Å². The van der Waals surface area contributed by atoms with Crippen LogP contribution in [0.2, 0.25) is 5.02 Å². The van der Waals surface area contributed by atoms with Gasteiger partial charge < -0.3 is 14.4 Å². The van der Waals surface area contributed by atoms with Crippen LogP contribution in [0.15, 0.2) is 34.8 Å². The van der Waals surface area contributed by atoms with Crippen molar-refractivity contribution in [2.24, 2.45) is 5.92 Å². The number of nitrogens with zero attached hydrogens (tertiary/aromatic N) is 1. The molecule has 2 heterocycles. The van der Waals surface area contributed by atoms with Crippen molar-refractivity contribution >= 4 is 27.5 Å². The van der Waals surface area contributed by atoms with Crippen LogP contribution in [0.3, 0.4) is 0 Å². The third kappa shape index (κ3) is 4.76. The number of rotatable bonds is 5. The molecule has 0 aliphatic carbocycles. The molecular weight excluding hydrogens is 433 g/mol. The highest BCUT2D eigenvalue weighted by Crippen LogP contribution is 2.37. The Kier molecular flexibility index (Phi) is 5.90. The molecule has 144 valence electrons. The molecule has 0 unspecified atom stereocenters. The Morgan fingerprint density at radius 2 is 1.81 bits per heavy atom. The van der Waals surface area contributed by atoms with E-state index in [4.69, 9.17) is 21.1 Å². The Labute approximate surface area is 172 Å². The zero-order chi connectivity index (χ0) is 18.8. The maximum Gasteiger partial charge on any atom is 0.231 e. The summed E-state index contributed by atoms with van der Waals surface area (Å²) in [5, 5.41) is 0.741. The van der Waals surface area contributed by atoms with Gasteiger partial charge >= 0.3 is 0 Å². The highest BCUT2D eigenvalue weighted by atomic mass is 79.9. The van der Waals surface area contributed by atoms with Gasteiger partial charge in [-0.1, -0.05) is 27.5 Å². The number of fused-ring (bicyclic) bond motifs is 1. The Hall–Kier alpha value is -1.30. The molecule has 3 nitrogen and oxygen atoms in total. The van der Waals surface area contributed by atoms with Crippen LogP contribution in [-0.4, -0.2) is 31.3 Å². The van der Waals surface area contributed by atoms with E-state index in [0.717, 1.165) is 77.4 Å². The van der Waals surface area contributed by atoms with Crippen LogP contribution in [-0.2, 0) is 12.8 Å². The molecule has 0 N–H and O–H groups in total. The molecule has 2 aliphatic rings. The van der Waals surface area contributed by atoms with Crippen molar-refractivity contribution < 1.29 is 13.9 Å². The van der Waals surface area contributed by atoms with Gasteiger partial charge in [-0.2, -0.15) is 0 Å². The number of piperidine rings is 1. The van der Waals surface area contributed by atoms with Gasteiger partial charge in [-0.3, -0.25) is 0 Å². The fourth-order valence-electron chi connectivity index (χ4n) is 3.91. The molecule has 27 heavy (non-hydrogen) atoms. The second-order valence-electron chi connectivity index (χ2n) is 7.31. The van der Waals surface area contributed by atoms with E-state index in [-0.39, 0.29) is 12.6 Å². The lowest BCUT2D eigenvalue weighted by Gasteiger charge is -2.32. The van der Waals surface area contributed by atoms with Gasteiger partial charge in [0.1, 0.15) is 5.82 Å². The SMILES string of the molecule is Fc1cc(Br)cc(CC2CCN(CCc3cc4c(cc3Cl)OCO4)CC2)c1. The first-order valence-electron chi connectivity index (χ1n) is 9.32. The number of halogens is 3. The molecule has 0 spiro atoms. The van der Waals surface area contributed by atoms with E-state index < -0.39 is 0 Å². The van der Waals surface area contributed by atoms with Crippen molar-refractivity contribution in [2.75, 3.05) is 26.4 Å². The van der Waals surface area contributed by atoms with Crippen molar-refractivity contribution in [1.29, 1.82) is 0 Å². The van der Waals surface area contributed by atoms with Crippen LogP contribution in [0.1, 0.15) is 24.0 Å². The molecule has 4 rings (SSSR count). The highest BCUT2D eigenvalue weighted by molar-refractivity contribution is 9.10. The quantitative estimate of drug-likeness (QED) is 0.598. The third-order valence-electron chi connectivity index (χ3n) is 5.39. The van der Waals surface area contributed by atoms with Crippen molar-refractivity contribution in [3.63, 3.8) is 0 Å². The minimum atomic E-state index is -0.169. The summed E-state index contributed by atoms with van der Waals surface area (Å²) in [4.78, 5) is 2.49. The van der Waals surface area contributed by atoms with Crippen LogP contribution in [0.5, 0.6) is 11.5 Å². The van der Waals surface area contributed by atoms with Crippen LogP contribution in [0.25, 0.3) is 0 Å². The molecule has 0 saturated carbocycles. The van der Waals surface area contributed by atoms with Gasteiger partial charge in [0.15, 0.2) is 11.5 Å². The largest absolute Gasteiger partial charge is 0.454 e. The minimum absolute atomic E-state index is 0.169. The first-order chi connectivity index (χ1) is 13.1. The molecule has 2 aromatic carbocycles. The van der Waals surface area contributed by atoms with E-state index >= 15 is 0 Å². The Morgan fingerprint density at radius 1 is 1.07 bits per heavy atom. The topological polar surface area (TPSA) is 21.7 Å². The minimum Gasteiger partial charge on any atom is -0.454 e. The number of ether oxygens (including phenoxy) is 2. The summed E-state index contributed by atoms with van der Waals surface area (Å²) in [7, 11) is 0. The molecule has 1 fully saturated rings. The number of likely N-dealkylation sites (tertiary alicyclic amines) is 1. The van der Waals surface area contributed by atoms with E-state index in [9.17, 15) is 4.39 Å². The lowest BCUT2D eigenvalue weighted by molar-refractivity contribution is 0.174. The normalized spacial score (nSPS) is 17.4. The van der Waals surface area contributed by atoms with Crippen LogP contribution in [0.4, 0.5) is 4.39 Å². The van der Waals surface area contributed by atoms with Gasteiger partial charge in [0.25, 0.3) is 0 Å². The van der Waals surface area contributed by atoms with Gasteiger partial charge in [-0.25, -0.2) is 4.39 Å². The van der Waals surface area contributed by atoms with E-state index in [1.54, 1.807) is 6.07 Å². The Balaban J connectivity index is 1.27. The fraction of sp³-hybridized carbons (Fsp3) is 0.429. The van der Waals surface area contributed by atoms with E-state index in [1.807, 2.05) is 18.2 Å². The smallest absolute Gasteiger partial charge is 0.231 e. The Bertz CT molecular complexity index is 804. The fourth-order valence-corrected chi connectivity index (χ4v) is 4.67. The van der Waals surface area contributed by atoms with Gasteiger partial charge in [0.2, 0.25) is 6.79 Å². The zero-order valence-electron chi connectivity index (χ0n) is 15.0. The standard InChI is InChI=1S/C21H22BrClFNO2/c22-17-8-15(9-18(24)11-17)7-14-1-4-25(5-2-14)6-3-16-10-20-21(12-19(16)23)27-13-26-20/h8-12,14H,1-7,13H2. The second kappa shape index (κ2) is 8.38. The molecule has 0 radical (unpaired) electrons. The lowest BCUT2D eigenvalue weighted by Crippen LogP contribution is -2.35. The molecule has 2 aliphatic heterocycles. The summed E-state index contributed by atoms with van der Waals surface area (Å²) in [6.45, 7) is 3.40. The first kappa shape index (κ1) is 19.0. The van der Waals surface area contributed by atoms with Crippen LogP contribution < -0.4 is 9.47 Å². The first-order valence-corrected chi connectivity index (χ1v) is 10.5. The predicted octanol–water partition coefficient (Wildman–Crippen LogP) is 5.47. The second-order valence-corrected chi connectivity index (χ2v) is 8.64. The number of hydrogen-bond donors (Lipinski definition) is 0. The van der Waals surface area contributed by atoms with Crippen LogP contribution >= 0.6 is 27.5 Å². The van der Waals surface area contributed by atoms with Crippen molar-refractivity contribution in [3.8, 4) is 11.5 Å². The van der Waals surface area contributed by atoms with Crippen molar-refractivity contribution in [1.82, 2.24) is 4.90 Å². The van der Waals surface area contributed by atoms with Gasteiger partial charge in [0.05, 0.1) is 0 Å². The van der Waals surface area contributed by atoms with E-state index in [2.05, 4.69) is 20.8 Å².